The summed E-state index contributed by atoms with van der Waals surface area (Å²) in [4.78, 5) is 34.7. The van der Waals surface area contributed by atoms with Gasteiger partial charge in [0.1, 0.15) is 0 Å². The van der Waals surface area contributed by atoms with E-state index in [1.165, 1.54) is 31.2 Å². The highest BCUT2D eigenvalue weighted by Gasteiger charge is 2.22. The van der Waals surface area contributed by atoms with Crippen molar-refractivity contribution in [3.63, 3.8) is 0 Å². The Labute approximate surface area is 159 Å². The first-order chi connectivity index (χ1) is 12.2. The minimum atomic E-state index is -1.14. The molecule has 2 aromatic carbocycles. The number of nitro groups is 1. The molecule has 0 radical (unpaired) electrons. The highest BCUT2D eigenvalue weighted by atomic mass is 35.5. The number of nitro benzene ring substituents is 1. The molecule has 0 spiro atoms. The second kappa shape index (κ2) is 8.16. The van der Waals surface area contributed by atoms with Gasteiger partial charge in [0.25, 0.3) is 11.6 Å². The Morgan fingerprint density at radius 2 is 1.88 bits per heavy atom. The quantitative estimate of drug-likeness (QED) is 0.458. The van der Waals surface area contributed by atoms with Gasteiger partial charge in [0.15, 0.2) is 6.10 Å². The Balaban J connectivity index is 2.07. The molecule has 2 rings (SSSR count). The number of esters is 1. The molecule has 26 heavy (non-hydrogen) atoms. The maximum absolute atomic E-state index is 12.2. The minimum absolute atomic E-state index is 0.0218. The van der Waals surface area contributed by atoms with Crippen LogP contribution in [0.2, 0.25) is 10.0 Å². The van der Waals surface area contributed by atoms with Gasteiger partial charge in [-0.15, -0.1) is 0 Å². The van der Waals surface area contributed by atoms with Crippen LogP contribution < -0.4 is 5.32 Å². The predicted octanol–water partition coefficient (Wildman–Crippen LogP) is 4.39. The molecule has 1 atom stereocenters. The second-order valence-corrected chi connectivity index (χ2v) is 6.26. The summed E-state index contributed by atoms with van der Waals surface area (Å²) < 4.78 is 5.07. The first-order valence-electron chi connectivity index (χ1n) is 7.41. The summed E-state index contributed by atoms with van der Waals surface area (Å²) in [5, 5.41) is 14.1. The number of anilines is 1. The summed E-state index contributed by atoms with van der Waals surface area (Å²) in [6, 6.07) is 8.46. The molecule has 0 saturated carbocycles. The number of hydrogen-bond donors (Lipinski definition) is 1. The maximum atomic E-state index is 12.2. The second-order valence-electron chi connectivity index (χ2n) is 5.42. The fraction of sp³-hybridized carbons (Fsp3) is 0.176. The molecular formula is C17H14Cl2N2O5. The van der Waals surface area contributed by atoms with Crippen LogP contribution in [0.3, 0.4) is 0 Å². The van der Waals surface area contributed by atoms with Gasteiger partial charge in [0.05, 0.1) is 21.2 Å². The van der Waals surface area contributed by atoms with E-state index in [2.05, 4.69) is 5.32 Å². The van der Waals surface area contributed by atoms with E-state index in [9.17, 15) is 19.7 Å². The van der Waals surface area contributed by atoms with Gasteiger partial charge in [-0.1, -0.05) is 29.3 Å². The molecule has 0 bridgehead atoms. The molecule has 0 aromatic heterocycles. The number of nitrogens with zero attached hydrogens (tertiary/aromatic N) is 1. The third-order valence-electron chi connectivity index (χ3n) is 3.48. The molecule has 9 heteroatoms. The summed E-state index contributed by atoms with van der Waals surface area (Å²) in [5.74, 6) is -1.46. The standard InChI is InChI=1S/C17H14Cl2N2O5/c1-9-3-4-11(7-15(9)21(24)25)17(23)26-10(2)16(22)20-14-6-5-12(18)8-13(14)19/h3-8,10H,1-2H3,(H,20,22)/t10-/m1/s1. The van der Waals surface area contributed by atoms with Gasteiger partial charge in [-0.3, -0.25) is 14.9 Å². The van der Waals surface area contributed by atoms with Crippen LogP contribution in [0.1, 0.15) is 22.8 Å². The number of aryl methyl sites for hydroxylation is 1. The molecular weight excluding hydrogens is 383 g/mol. The van der Waals surface area contributed by atoms with Gasteiger partial charge in [0.2, 0.25) is 0 Å². The summed E-state index contributed by atoms with van der Waals surface area (Å²) in [6.07, 6.45) is -1.14. The van der Waals surface area contributed by atoms with Crippen molar-refractivity contribution < 1.29 is 19.2 Å². The van der Waals surface area contributed by atoms with Crippen molar-refractivity contribution in [3.05, 3.63) is 67.7 Å². The van der Waals surface area contributed by atoms with Crippen LogP contribution in [-0.4, -0.2) is 22.9 Å². The van der Waals surface area contributed by atoms with Crippen molar-refractivity contribution in [2.45, 2.75) is 20.0 Å². The van der Waals surface area contributed by atoms with E-state index < -0.39 is 22.9 Å². The lowest BCUT2D eigenvalue weighted by Gasteiger charge is -2.14. The molecule has 0 aliphatic rings. The van der Waals surface area contributed by atoms with Crippen molar-refractivity contribution in [1.82, 2.24) is 0 Å². The van der Waals surface area contributed by atoms with Gasteiger partial charge in [-0.2, -0.15) is 0 Å². The predicted molar refractivity (Wildman–Crippen MR) is 97.8 cm³/mol. The molecule has 0 heterocycles. The van der Waals surface area contributed by atoms with Crippen molar-refractivity contribution in [2.75, 3.05) is 5.32 Å². The SMILES string of the molecule is Cc1ccc(C(=O)O[C@H](C)C(=O)Nc2ccc(Cl)cc2Cl)cc1[N+](=O)[O-]. The third-order valence-corrected chi connectivity index (χ3v) is 4.03. The Hall–Kier alpha value is -2.64. The number of nitrogens with one attached hydrogen (secondary N) is 1. The fourth-order valence-corrected chi connectivity index (χ4v) is 2.50. The van der Waals surface area contributed by atoms with E-state index >= 15 is 0 Å². The Bertz CT molecular complexity index is 885. The Morgan fingerprint density at radius 1 is 1.19 bits per heavy atom. The zero-order valence-corrected chi connectivity index (χ0v) is 15.3. The number of carbonyl (C=O) groups excluding carboxylic acids is 2. The highest BCUT2D eigenvalue weighted by molar-refractivity contribution is 6.36. The monoisotopic (exact) mass is 396 g/mol. The van der Waals surface area contributed by atoms with Gasteiger partial charge in [-0.05, 0) is 38.1 Å². The van der Waals surface area contributed by atoms with Crippen LogP contribution in [0.15, 0.2) is 36.4 Å². The maximum Gasteiger partial charge on any atom is 0.339 e. The lowest BCUT2D eigenvalue weighted by atomic mass is 10.1. The summed E-state index contributed by atoms with van der Waals surface area (Å²) in [6.45, 7) is 2.93. The van der Waals surface area contributed by atoms with Gasteiger partial charge in [0, 0.05) is 16.7 Å². The van der Waals surface area contributed by atoms with E-state index in [-0.39, 0.29) is 16.3 Å². The molecule has 0 aliphatic heterocycles. The van der Waals surface area contributed by atoms with Crippen molar-refractivity contribution in [2.24, 2.45) is 0 Å². The fourth-order valence-electron chi connectivity index (χ4n) is 2.04. The van der Waals surface area contributed by atoms with Gasteiger partial charge in [-0.25, -0.2) is 4.79 Å². The molecule has 0 saturated heterocycles. The lowest BCUT2D eigenvalue weighted by molar-refractivity contribution is -0.385. The Kier molecular flexibility index (Phi) is 6.18. The van der Waals surface area contributed by atoms with Crippen LogP contribution >= 0.6 is 23.2 Å². The zero-order valence-electron chi connectivity index (χ0n) is 13.8. The number of carbonyl (C=O) groups is 2. The lowest BCUT2D eigenvalue weighted by Crippen LogP contribution is -2.30. The first kappa shape index (κ1) is 19.7. The van der Waals surface area contributed by atoms with Crippen molar-refractivity contribution >= 4 is 46.5 Å². The normalized spacial score (nSPS) is 11.5. The number of halogens is 2. The molecule has 1 amide bonds. The van der Waals surface area contributed by atoms with E-state index in [1.54, 1.807) is 13.0 Å². The van der Waals surface area contributed by atoms with E-state index in [0.717, 1.165) is 6.07 Å². The largest absolute Gasteiger partial charge is 0.449 e. The highest BCUT2D eigenvalue weighted by Crippen LogP contribution is 2.25. The van der Waals surface area contributed by atoms with Crippen molar-refractivity contribution in [3.8, 4) is 0 Å². The molecule has 0 unspecified atom stereocenters. The average Bonchev–Trinajstić information content (AvgIpc) is 2.57. The van der Waals surface area contributed by atoms with Crippen LogP contribution in [0.5, 0.6) is 0 Å². The van der Waals surface area contributed by atoms with Crippen molar-refractivity contribution in [1.29, 1.82) is 0 Å². The van der Waals surface area contributed by atoms with E-state index in [1.807, 2.05) is 0 Å². The Morgan fingerprint density at radius 3 is 2.50 bits per heavy atom. The number of ether oxygens (including phenoxy) is 1. The van der Waals surface area contributed by atoms with Gasteiger partial charge < -0.3 is 10.1 Å². The number of rotatable bonds is 5. The van der Waals surface area contributed by atoms with Crippen LogP contribution in [0, 0.1) is 17.0 Å². The summed E-state index contributed by atoms with van der Waals surface area (Å²) >= 11 is 11.8. The average molecular weight is 397 g/mol. The molecule has 1 N–H and O–H groups in total. The molecule has 7 nitrogen and oxygen atoms in total. The third kappa shape index (κ3) is 4.71. The summed E-state index contributed by atoms with van der Waals surface area (Å²) in [7, 11) is 0. The van der Waals surface area contributed by atoms with Crippen LogP contribution in [0.25, 0.3) is 0 Å². The number of hydrogen-bond acceptors (Lipinski definition) is 5. The van der Waals surface area contributed by atoms with Crippen LogP contribution in [-0.2, 0) is 9.53 Å². The van der Waals surface area contributed by atoms with E-state index in [4.69, 9.17) is 27.9 Å². The van der Waals surface area contributed by atoms with Crippen LogP contribution in [0.4, 0.5) is 11.4 Å². The molecule has 2 aromatic rings. The number of amides is 1. The van der Waals surface area contributed by atoms with E-state index in [0.29, 0.717) is 16.3 Å². The summed E-state index contributed by atoms with van der Waals surface area (Å²) in [5.41, 5.74) is 0.501. The zero-order chi connectivity index (χ0) is 19.4. The topological polar surface area (TPSA) is 98.5 Å². The molecule has 136 valence electrons. The molecule has 0 fully saturated rings. The first-order valence-corrected chi connectivity index (χ1v) is 8.16. The smallest absolute Gasteiger partial charge is 0.339 e. The van der Waals surface area contributed by atoms with Gasteiger partial charge >= 0.3 is 5.97 Å². The minimum Gasteiger partial charge on any atom is -0.449 e. The number of benzene rings is 2. The molecule has 0 aliphatic carbocycles.